The molecule has 132 valence electrons. The Kier molecular flexibility index (Phi) is 4.69. The Bertz CT molecular complexity index is 881. The average molecular weight is 343 g/mol. The fourth-order valence-electron chi connectivity index (χ4n) is 3.09. The molecule has 0 bridgehead atoms. The number of carbonyl (C=O) groups excluding carboxylic acids is 2. The van der Waals surface area contributed by atoms with Gasteiger partial charge >= 0.3 is 5.69 Å². The van der Waals surface area contributed by atoms with Crippen LogP contribution >= 0.6 is 0 Å². The molecule has 1 aromatic heterocycles. The van der Waals surface area contributed by atoms with Gasteiger partial charge in [-0.2, -0.15) is 5.10 Å². The topological polar surface area (TPSA) is 112 Å². The number of nitrogens with zero attached hydrogens (tertiary/aromatic N) is 3. The van der Waals surface area contributed by atoms with Crippen LogP contribution in [0.1, 0.15) is 41.0 Å². The molecule has 0 radical (unpaired) electrons. The minimum Gasteiger partial charge on any atom is -0.366 e. The van der Waals surface area contributed by atoms with E-state index in [0.717, 1.165) is 31.5 Å². The van der Waals surface area contributed by atoms with Gasteiger partial charge in [0.05, 0.1) is 0 Å². The number of aromatic nitrogens is 3. The molecule has 8 heteroatoms. The van der Waals surface area contributed by atoms with Gasteiger partial charge in [-0.1, -0.05) is 12.5 Å². The molecule has 1 aromatic carbocycles. The van der Waals surface area contributed by atoms with Crippen molar-refractivity contribution in [3.8, 4) is 0 Å². The van der Waals surface area contributed by atoms with Crippen molar-refractivity contribution in [1.29, 1.82) is 0 Å². The molecule has 0 atom stereocenters. The van der Waals surface area contributed by atoms with Gasteiger partial charge in [0, 0.05) is 24.2 Å². The van der Waals surface area contributed by atoms with Gasteiger partial charge in [-0.15, -0.1) is 0 Å². The van der Waals surface area contributed by atoms with Crippen LogP contribution in [0.15, 0.2) is 23.0 Å². The molecule has 2 aromatic rings. The lowest BCUT2D eigenvalue weighted by Crippen LogP contribution is -2.30. The number of nitrogens with one attached hydrogen (secondary N) is 1. The molecule has 3 N–H and O–H groups in total. The summed E-state index contributed by atoms with van der Waals surface area (Å²) in [7, 11) is 0. The lowest BCUT2D eigenvalue weighted by molar-refractivity contribution is -0.117. The number of nitrogens with two attached hydrogens (primary N) is 1. The lowest BCUT2D eigenvalue weighted by atomic mass is 10.1. The number of rotatable bonds is 4. The zero-order valence-corrected chi connectivity index (χ0v) is 14.1. The number of anilines is 1. The lowest BCUT2D eigenvalue weighted by Gasteiger charge is -2.10. The second-order valence-corrected chi connectivity index (χ2v) is 6.21. The van der Waals surface area contributed by atoms with E-state index in [0.29, 0.717) is 23.4 Å². The predicted octanol–water partition coefficient (Wildman–Crippen LogP) is 0.817. The first-order valence-corrected chi connectivity index (χ1v) is 8.33. The smallest absolute Gasteiger partial charge is 0.346 e. The first kappa shape index (κ1) is 16.9. The van der Waals surface area contributed by atoms with Crippen molar-refractivity contribution >= 4 is 17.5 Å². The molecule has 0 saturated carbocycles. The zero-order valence-electron chi connectivity index (χ0n) is 14.1. The molecule has 0 fully saturated rings. The van der Waals surface area contributed by atoms with Crippen LogP contribution in [0.2, 0.25) is 0 Å². The van der Waals surface area contributed by atoms with Crippen LogP contribution in [0.25, 0.3) is 0 Å². The van der Waals surface area contributed by atoms with Gasteiger partial charge in [0.2, 0.25) is 11.8 Å². The van der Waals surface area contributed by atoms with E-state index in [9.17, 15) is 14.4 Å². The largest absolute Gasteiger partial charge is 0.366 e. The van der Waals surface area contributed by atoms with Crippen LogP contribution in [-0.2, 0) is 24.3 Å². The molecule has 0 saturated heterocycles. The molecule has 8 nitrogen and oxygen atoms in total. The summed E-state index contributed by atoms with van der Waals surface area (Å²) in [5.41, 5.74) is 6.50. The van der Waals surface area contributed by atoms with Crippen molar-refractivity contribution in [2.45, 2.75) is 45.7 Å². The maximum absolute atomic E-state index is 12.4. The molecule has 25 heavy (non-hydrogen) atoms. The Morgan fingerprint density at radius 2 is 2.08 bits per heavy atom. The standard InChI is InChI=1S/C17H21N5O3/c1-11-12(16(18)24)6-5-7-13(11)19-15(23)10-22-17(25)21-9-4-2-3-8-14(21)20-22/h5-7H,2-4,8-10H2,1H3,(H2,18,24)(H,19,23). The maximum atomic E-state index is 12.4. The number of fused-ring (bicyclic) bond motifs is 1. The SMILES string of the molecule is Cc1c(NC(=O)Cn2nc3n(c2=O)CCCCC3)cccc1C(N)=O. The van der Waals surface area contributed by atoms with Crippen molar-refractivity contribution in [2.75, 3.05) is 5.32 Å². The molecule has 0 unspecified atom stereocenters. The van der Waals surface area contributed by atoms with E-state index in [1.165, 1.54) is 4.68 Å². The van der Waals surface area contributed by atoms with Crippen LogP contribution in [-0.4, -0.2) is 26.2 Å². The molecule has 0 spiro atoms. The second kappa shape index (κ2) is 6.92. The van der Waals surface area contributed by atoms with Crippen LogP contribution in [0, 0.1) is 6.92 Å². The van der Waals surface area contributed by atoms with E-state index >= 15 is 0 Å². The van der Waals surface area contributed by atoms with E-state index in [2.05, 4.69) is 10.4 Å². The summed E-state index contributed by atoms with van der Waals surface area (Å²) in [4.78, 5) is 36.1. The summed E-state index contributed by atoms with van der Waals surface area (Å²) in [5.74, 6) is -0.190. The van der Waals surface area contributed by atoms with Gasteiger partial charge in [0.15, 0.2) is 0 Å². The van der Waals surface area contributed by atoms with Crippen molar-refractivity contribution in [3.05, 3.63) is 45.6 Å². The number of primary amides is 1. The number of hydrogen-bond donors (Lipinski definition) is 2. The van der Waals surface area contributed by atoms with E-state index in [1.807, 2.05) is 0 Å². The molecule has 1 aliphatic heterocycles. The Balaban J connectivity index is 1.77. The van der Waals surface area contributed by atoms with Crippen molar-refractivity contribution < 1.29 is 9.59 Å². The first-order valence-electron chi connectivity index (χ1n) is 8.33. The number of aryl methyl sites for hydroxylation is 1. The third-order valence-electron chi connectivity index (χ3n) is 4.45. The van der Waals surface area contributed by atoms with Crippen molar-refractivity contribution in [2.24, 2.45) is 5.73 Å². The van der Waals surface area contributed by atoms with E-state index in [4.69, 9.17) is 5.73 Å². The second-order valence-electron chi connectivity index (χ2n) is 6.21. The van der Waals surface area contributed by atoms with Crippen LogP contribution in [0.4, 0.5) is 5.69 Å². The van der Waals surface area contributed by atoms with Crippen LogP contribution in [0.3, 0.4) is 0 Å². The Hall–Kier alpha value is -2.90. The predicted molar refractivity (Wildman–Crippen MR) is 92.4 cm³/mol. The highest BCUT2D eigenvalue weighted by Gasteiger charge is 2.18. The number of amides is 2. The van der Waals surface area contributed by atoms with Gasteiger partial charge in [0.25, 0.3) is 0 Å². The summed E-state index contributed by atoms with van der Waals surface area (Å²) in [5, 5.41) is 7.01. The fourth-order valence-corrected chi connectivity index (χ4v) is 3.09. The molecular weight excluding hydrogens is 322 g/mol. The number of hydrogen-bond acceptors (Lipinski definition) is 4. The summed E-state index contributed by atoms with van der Waals surface area (Å²) in [6, 6.07) is 4.93. The monoisotopic (exact) mass is 343 g/mol. The average Bonchev–Trinajstić information content (AvgIpc) is 2.74. The number of benzene rings is 1. The minimum atomic E-state index is -0.553. The van der Waals surface area contributed by atoms with Crippen molar-refractivity contribution in [3.63, 3.8) is 0 Å². The Labute approximate surface area is 144 Å². The maximum Gasteiger partial charge on any atom is 0.346 e. The fraction of sp³-hybridized carbons (Fsp3) is 0.412. The Morgan fingerprint density at radius 1 is 1.28 bits per heavy atom. The van der Waals surface area contributed by atoms with Gasteiger partial charge in [-0.3, -0.25) is 14.2 Å². The first-order chi connectivity index (χ1) is 12.0. The molecule has 1 aliphatic rings. The van der Waals surface area contributed by atoms with E-state index in [-0.39, 0.29) is 18.1 Å². The Morgan fingerprint density at radius 3 is 2.84 bits per heavy atom. The summed E-state index contributed by atoms with van der Waals surface area (Å²) >= 11 is 0. The summed E-state index contributed by atoms with van der Waals surface area (Å²) < 4.78 is 2.85. The molecule has 2 amide bonds. The van der Waals surface area contributed by atoms with Gasteiger partial charge in [-0.05, 0) is 37.5 Å². The molecule has 2 heterocycles. The third kappa shape index (κ3) is 3.47. The van der Waals surface area contributed by atoms with Crippen LogP contribution in [0.5, 0.6) is 0 Å². The molecule has 0 aliphatic carbocycles. The molecular formula is C17H21N5O3. The van der Waals surface area contributed by atoms with Gasteiger partial charge < -0.3 is 11.1 Å². The highest BCUT2D eigenvalue weighted by Crippen LogP contribution is 2.18. The number of carbonyl (C=O) groups is 2. The summed E-state index contributed by atoms with van der Waals surface area (Å²) in [6.07, 6.45) is 3.79. The zero-order chi connectivity index (χ0) is 18.0. The normalized spacial score (nSPS) is 13.8. The third-order valence-corrected chi connectivity index (χ3v) is 4.45. The summed E-state index contributed by atoms with van der Waals surface area (Å²) in [6.45, 7) is 2.19. The highest BCUT2D eigenvalue weighted by molar-refractivity contribution is 5.98. The van der Waals surface area contributed by atoms with Gasteiger partial charge in [0.1, 0.15) is 12.4 Å². The van der Waals surface area contributed by atoms with E-state index < -0.39 is 5.91 Å². The van der Waals surface area contributed by atoms with E-state index in [1.54, 1.807) is 29.7 Å². The minimum absolute atomic E-state index is 0.168. The highest BCUT2D eigenvalue weighted by atomic mass is 16.2. The van der Waals surface area contributed by atoms with Crippen LogP contribution < -0.4 is 16.7 Å². The quantitative estimate of drug-likeness (QED) is 0.855. The van der Waals surface area contributed by atoms with Crippen molar-refractivity contribution in [1.82, 2.24) is 14.3 Å². The van der Waals surface area contributed by atoms with Gasteiger partial charge in [-0.25, -0.2) is 9.48 Å². The molecule has 3 rings (SSSR count).